The first-order valence-corrected chi connectivity index (χ1v) is 9.23. The fraction of sp³-hybridized carbons (Fsp3) is 0.526. The lowest BCUT2D eigenvalue weighted by molar-refractivity contribution is 0.155. The Kier molecular flexibility index (Phi) is 4.42. The van der Waals surface area contributed by atoms with E-state index in [-0.39, 0.29) is 6.03 Å². The van der Waals surface area contributed by atoms with Gasteiger partial charge in [-0.3, -0.25) is 5.10 Å². The highest BCUT2D eigenvalue weighted by Gasteiger charge is 2.42. The maximum Gasteiger partial charge on any atom is 0.318 e. The summed E-state index contributed by atoms with van der Waals surface area (Å²) in [5.41, 5.74) is 2.04. The van der Waals surface area contributed by atoms with Crippen LogP contribution in [0.2, 0.25) is 0 Å². The van der Waals surface area contributed by atoms with E-state index in [1.807, 2.05) is 24.3 Å². The molecular formula is C19H25N5O. The van der Waals surface area contributed by atoms with Gasteiger partial charge in [-0.25, -0.2) is 9.78 Å². The first-order valence-electron chi connectivity index (χ1n) is 9.23. The fourth-order valence-electron chi connectivity index (χ4n) is 4.50. The quantitative estimate of drug-likeness (QED) is 0.901. The molecule has 0 radical (unpaired) electrons. The lowest BCUT2D eigenvalue weighted by Crippen LogP contribution is -2.47. The summed E-state index contributed by atoms with van der Waals surface area (Å²) in [6, 6.07) is 8.88. The zero-order valence-electron chi connectivity index (χ0n) is 14.6. The number of likely N-dealkylation sites (tertiary alicyclic amines) is 1. The topological polar surface area (TPSA) is 73.9 Å². The van der Waals surface area contributed by atoms with Gasteiger partial charge < -0.3 is 10.2 Å². The zero-order valence-corrected chi connectivity index (χ0v) is 14.6. The van der Waals surface area contributed by atoms with Gasteiger partial charge in [-0.05, 0) is 43.7 Å². The molecule has 1 aromatic carbocycles. The van der Waals surface area contributed by atoms with Crippen molar-refractivity contribution in [1.82, 2.24) is 25.4 Å². The van der Waals surface area contributed by atoms with Crippen molar-refractivity contribution in [3.8, 4) is 11.4 Å². The minimum absolute atomic E-state index is 0.0759. The van der Waals surface area contributed by atoms with Gasteiger partial charge in [-0.15, -0.1) is 0 Å². The number of aromatic nitrogens is 3. The minimum Gasteiger partial charge on any atom is -0.334 e. The first kappa shape index (κ1) is 16.1. The average Bonchev–Trinajstić information content (AvgIpc) is 3.27. The predicted molar refractivity (Wildman–Crippen MR) is 95.7 cm³/mol. The molecular weight excluding hydrogens is 314 g/mol. The van der Waals surface area contributed by atoms with Crippen LogP contribution >= 0.6 is 0 Å². The van der Waals surface area contributed by atoms with Gasteiger partial charge in [-0.2, -0.15) is 5.10 Å². The third-order valence-corrected chi connectivity index (χ3v) is 5.64. The molecule has 6 heteroatoms. The van der Waals surface area contributed by atoms with Crippen LogP contribution in [0.25, 0.3) is 11.4 Å². The number of fused-ring (bicyclic) bond motifs is 1. The molecule has 1 saturated heterocycles. The molecule has 6 nitrogen and oxygen atoms in total. The van der Waals surface area contributed by atoms with E-state index in [4.69, 9.17) is 0 Å². The van der Waals surface area contributed by atoms with Crippen LogP contribution in [0, 0.1) is 5.92 Å². The van der Waals surface area contributed by atoms with Gasteiger partial charge in [0, 0.05) is 24.2 Å². The largest absolute Gasteiger partial charge is 0.334 e. The second-order valence-electron chi connectivity index (χ2n) is 7.30. The molecule has 2 aliphatic rings. The summed E-state index contributed by atoms with van der Waals surface area (Å²) >= 11 is 0. The molecule has 4 rings (SSSR count). The average molecular weight is 339 g/mol. The predicted octanol–water partition coefficient (Wildman–Crippen LogP) is 3.33. The number of hydrogen-bond acceptors (Lipinski definition) is 3. The van der Waals surface area contributed by atoms with Gasteiger partial charge in [0.2, 0.25) is 0 Å². The van der Waals surface area contributed by atoms with E-state index in [1.54, 1.807) is 0 Å². The highest BCUT2D eigenvalue weighted by molar-refractivity contribution is 5.75. The van der Waals surface area contributed by atoms with Crippen molar-refractivity contribution in [3.63, 3.8) is 0 Å². The lowest BCUT2D eigenvalue weighted by Gasteiger charge is -2.33. The zero-order chi connectivity index (χ0) is 17.2. The third-order valence-electron chi connectivity index (χ3n) is 5.64. The summed E-state index contributed by atoms with van der Waals surface area (Å²) in [5, 5.41) is 9.88. The third kappa shape index (κ3) is 3.25. The molecule has 1 aliphatic heterocycles. The van der Waals surface area contributed by atoms with Crippen LogP contribution < -0.4 is 5.32 Å². The fourth-order valence-corrected chi connectivity index (χ4v) is 4.50. The van der Waals surface area contributed by atoms with Crippen molar-refractivity contribution in [3.05, 3.63) is 36.2 Å². The Hall–Kier alpha value is -2.37. The molecule has 25 heavy (non-hydrogen) atoms. The van der Waals surface area contributed by atoms with E-state index < -0.39 is 0 Å². The van der Waals surface area contributed by atoms with Gasteiger partial charge in [0.05, 0.1) is 0 Å². The Morgan fingerprint density at radius 3 is 3.08 bits per heavy atom. The highest BCUT2D eigenvalue weighted by atomic mass is 16.2. The number of carbonyl (C=O) groups is 1. The van der Waals surface area contributed by atoms with Crippen molar-refractivity contribution in [2.45, 2.75) is 57.7 Å². The van der Waals surface area contributed by atoms with Crippen LogP contribution in [0.5, 0.6) is 0 Å². The molecule has 2 amide bonds. The van der Waals surface area contributed by atoms with E-state index >= 15 is 0 Å². The van der Waals surface area contributed by atoms with Crippen LogP contribution in [-0.2, 0) is 6.54 Å². The second-order valence-corrected chi connectivity index (χ2v) is 7.30. The van der Waals surface area contributed by atoms with E-state index in [9.17, 15) is 4.79 Å². The number of rotatable bonds is 3. The molecule has 0 bridgehead atoms. The Labute approximate surface area is 148 Å². The SMILES string of the molecule is C[C@@H]1C[C@@H]2CCCC[C@@H]2N1C(=O)NCc1cccc(-c2ncn[nH]2)c1. The summed E-state index contributed by atoms with van der Waals surface area (Å²) in [5.74, 6) is 1.44. The summed E-state index contributed by atoms with van der Waals surface area (Å²) in [6.07, 6.45) is 7.65. The number of carbonyl (C=O) groups excluding carboxylic acids is 1. The minimum atomic E-state index is 0.0759. The van der Waals surface area contributed by atoms with E-state index in [0.717, 1.165) is 29.8 Å². The Balaban J connectivity index is 1.41. The first-order chi connectivity index (χ1) is 12.2. The van der Waals surface area contributed by atoms with E-state index in [0.29, 0.717) is 24.5 Å². The highest BCUT2D eigenvalue weighted by Crippen LogP contribution is 2.39. The smallest absolute Gasteiger partial charge is 0.318 e. The molecule has 0 unspecified atom stereocenters. The Bertz CT molecular complexity index is 729. The summed E-state index contributed by atoms with van der Waals surface area (Å²) < 4.78 is 0. The van der Waals surface area contributed by atoms with Gasteiger partial charge in [0.15, 0.2) is 5.82 Å². The number of urea groups is 1. The van der Waals surface area contributed by atoms with Crippen LogP contribution in [0.3, 0.4) is 0 Å². The maximum absolute atomic E-state index is 12.8. The Morgan fingerprint density at radius 2 is 2.24 bits per heavy atom. The van der Waals surface area contributed by atoms with Gasteiger partial charge in [-0.1, -0.05) is 31.0 Å². The molecule has 2 fully saturated rings. The lowest BCUT2D eigenvalue weighted by atomic mass is 9.85. The number of hydrogen-bond donors (Lipinski definition) is 2. The number of benzene rings is 1. The van der Waals surface area contributed by atoms with Crippen molar-refractivity contribution < 1.29 is 4.79 Å². The number of nitrogens with one attached hydrogen (secondary N) is 2. The molecule has 1 aliphatic carbocycles. The second kappa shape index (κ2) is 6.86. The van der Waals surface area contributed by atoms with Crippen molar-refractivity contribution in [2.75, 3.05) is 0 Å². The van der Waals surface area contributed by atoms with Crippen molar-refractivity contribution in [2.24, 2.45) is 5.92 Å². The standard InChI is InChI=1S/C19H25N5O/c1-13-9-15-6-2-3-8-17(15)24(13)19(25)20-11-14-5-4-7-16(10-14)18-21-12-22-23-18/h4-5,7,10,12-13,15,17H,2-3,6,8-9,11H2,1H3,(H,20,25)(H,21,22,23)/t13-,15+,17+/m1/s1. The summed E-state index contributed by atoms with van der Waals surface area (Å²) in [7, 11) is 0. The van der Waals surface area contributed by atoms with Gasteiger partial charge >= 0.3 is 6.03 Å². The number of nitrogens with zero attached hydrogens (tertiary/aromatic N) is 3. The molecule has 1 saturated carbocycles. The van der Waals surface area contributed by atoms with Gasteiger partial charge in [0.25, 0.3) is 0 Å². The van der Waals surface area contributed by atoms with Gasteiger partial charge in [0.1, 0.15) is 6.33 Å². The normalized spacial score (nSPS) is 25.6. The van der Waals surface area contributed by atoms with Crippen molar-refractivity contribution >= 4 is 6.03 Å². The van der Waals surface area contributed by atoms with Crippen LogP contribution in [0.15, 0.2) is 30.6 Å². The molecule has 0 spiro atoms. The summed E-state index contributed by atoms with van der Waals surface area (Å²) in [6.45, 7) is 2.71. The van der Waals surface area contributed by atoms with Crippen molar-refractivity contribution in [1.29, 1.82) is 0 Å². The van der Waals surface area contributed by atoms with Crippen LogP contribution in [0.1, 0.15) is 44.6 Å². The molecule has 2 aromatic rings. The summed E-state index contributed by atoms with van der Waals surface area (Å²) in [4.78, 5) is 19.1. The molecule has 2 heterocycles. The maximum atomic E-state index is 12.8. The molecule has 2 N–H and O–H groups in total. The Morgan fingerprint density at radius 1 is 1.36 bits per heavy atom. The number of aromatic amines is 1. The van der Waals surface area contributed by atoms with E-state index in [1.165, 1.54) is 25.6 Å². The molecule has 1 aromatic heterocycles. The monoisotopic (exact) mass is 339 g/mol. The molecule has 132 valence electrons. The van der Waals surface area contributed by atoms with Crippen LogP contribution in [-0.4, -0.2) is 38.2 Å². The number of amides is 2. The van der Waals surface area contributed by atoms with Crippen LogP contribution in [0.4, 0.5) is 4.79 Å². The number of H-pyrrole nitrogens is 1. The van der Waals surface area contributed by atoms with E-state index in [2.05, 4.69) is 32.3 Å². The molecule has 3 atom stereocenters.